The van der Waals surface area contributed by atoms with Gasteiger partial charge in [0.05, 0.1) is 11.9 Å². The largest absolute Gasteiger partial charge is 0.397 e. The molecule has 5 heteroatoms. The predicted molar refractivity (Wildman–Crippen MR) is 77.5 cm³/mol. The van der Waals surface area contributed by atoms with Gasteiger partial charge in [0.25, 0.3) is 5.91 Å². The molecule has 1 aromatic carbocycles. The van der Waals surface area contributed by atoms with E-state index >= 15 is 0 Å². The average molecular weight is 276 g/mol. The van der Waals surface area contributed by atoms with Gasteiger partial charge in [0.2, 0.25) is 0 Å². The van der Waals surface area contributed by atoms with Crippen molar-refractivity contribution in [1.82, 2.24) is 4.98 Å². The SMILES string of the molecule is Cc1cc(NC(=O)c2cc(Cl)ccc2C)ncc1N. The summed E-state index contributed by atoms with van der Waals surface area (Å²) >= 11 is 5.90. The van der Waals surface area contributed by atoms with Gasteiger partial charge in [-0.15, -0.1) is 0 Å². The van der Waals surface area contributed by atoms with Crippen molar-refractivity contribution in [3.05, 3.63) is 52.2 Å². The van der Waals surface area contributed by atoms with E-state index < -0.39 is 0 Å². The highest BCUT2D eigenvalue weighted by Gasteiger charge is 2.11. The summed E-state index contributed by atoms with van der Waals surface area (Å²) in [6.45, 7) is 3.71. The highest BCUT2D eigenvalue weighted by atomic mass is 35.5. The first-order chi connectivity index (χ1) is 8.97. The van der Waals surface area contributed by atoms with Crippen molar-refractivity contribution in [3.8, 4) is 0 Å². The van der Waals surface area contributed by atoms with E-state index in [4.69, 9.17) is 17.3 Å². The van der Waals surface area contributed by atoms with E-state index in [1.165, 1.54) is 6.20 Å². The molecule has 0 radical (unpaired) electrons. The molecule has 2 rings (SSSR count). The van der Waals surface area contributed by atoms with Crippen LogP contribution in [0, 0.1) is 13.8 Å². The summed E-state index contributed by atoms with van der Waals surface area (Å²) in [7, 11) is 0. The van der Waals surface area contributed by atoms with Gasteiger partial charge in [-0.3, -0.25) is 4.79 Å². The Kier molecular flexibility index (Phi) is 3.71. The molecule has 0 fully saturated rings. The van der Waals surface area contributed by atoms with Crippen molar-refractivity contribution in [2.45, 2.75) is 13.8 Å². The zero-order valence-corrected chi connectivity index (χ0v) is 11.5. The highest BCUT2D eigenvalue weighted by molar-refractivity contribution is 6.31. The van der Waals surface area contributed by atoms with Gasteiger partial charge >= 0.3 is 0 Å². The molecule has 0 atom stereocenters. The maximum absolute atomic E-state index is 12.1. The van der Waals surface area contributed by atoms with Gasteiger partial charge < -0.3 is 11.1 Å². The van der Waals surface area contributed by atoms with E-state index in [0.717, 1.165) is 11.1 Å². The molecular formula is C14H14ClN3O. The van der Waals surface area contributed by atoms with Crippen LogP contribution in [0.4, 0.5) is 11.5 Å². The fourth-order valence-corrected chi connectivity index (χ4v) is 1.83. The number of aromatic nitrogens is 1. The Bertz CT molecular complexity index is 641. The molecule has 1 amide bonds. The maximum Gasteiger partial charge on any atom is 0.257 e. The highest BCUT2D eigenvalue weighted by Crippen LogP contribution is 2.18. The lowest BCUT2D eigenvalue weighted by atomic mass is 10.1. The lowest BCUT2D eigenvalue weighted by molar-refractivity contribution is 0.102. The van der Waals surface area contributed by atoms with Crippen molar-refractivity contribution in [2.75, 3.05) is 11.1 Å². The van der Waals surface area contributed by atoms with Gasteiger partial charge in [0, 0.05) is 10.6 Å². The molecule has 2 aromatic rings. The standard InChI is InChI=1S/C14H14ClN3O/c1-8-3-4-10(15)6-11(8)14(19)18-13-5-9(2)12(16)7-17-13/h3-7H,16H2,1-2H3,(H,17,18,19). The Hall–Kier alpha value is -2.07. The molecule has 0 spiro atoms. The summed E-state index contributed by atoms with van der Waals surface area (Å²) in [4.78, 5) is 16.2. The van der Waals surface area contributed by atoms with E-state index in [9.17, 15) is 4.79 Å². The molecule has 3 N–H and O–H groups in total. The fourth-order valence-electron chi connectivity index (χ4n) is 1.66. The van der Waals surface area contributed by atoms with Crippen LogP contribution in [0.15, 0.2) is 30.5 Å². The second-order valence-electron chi connectivity index (χ2n) is 4.34. The van der Waals surface area contributed by atoms with Crippen LogP contribution in [0.2, 0.25) is 5.02 Å². The molecule has 98 valence electrons. The van der Waals surface area contributed by atoms with E-state index in [1.54, 1.807) is 24.3 Å². The minimum Gasteiger partial charge on any atom is -0.397 e. The van der Waals surface area contributed by atoms with Gasteiger partial charge in [-0.2, -0.15) is 0 Å². The van der Waals surface area contributed by atoms with Gasteiger partial charge in [0.15, 0.2) is 0 Å². The minimum absolute atomic E-state index is 0.239. The molecule has 0 saturated carbocycles. The number of hydrogen-bond donors (Lipinski definition) is 2. The molecule has 0 aliphatic carbocycles. The first kappa shape index (κ1) is 13.4. The fraction of sp³-hybridized carbons (Fsp3) is 0.143. The summed E-state index contributed by atoms with van der Waals surface area (Å²) in [5.74, 6) is 0.229. The normalized spacial score (nSPS) is 10.3. The van der Waals surface area contributed by atoms with Gasteiger partial charge in [-0.05, 0) is 43.2 Å². The summed E-state index contributed by atoms with van der Waals surface area (Å²) in [5.41, 5.74) is 8.53. The smallest absolute Gasteiger partial charge is 0.257 e. The number of pyridine rings is 1. The van der Waals surface area contributed by atoms with E-state index in [0.29, 0.717) is 22.1 Å². The monoisotopic (exact) mass is 275 g/mol. The number of aryl methyl sites for hydroxylation is 2. The zero-order chi connectivity index (χ0) is 14.0. The Morgan fingerprint density at radius 1 is 1.26 bits per heavy atom. The van der Waals surface area contributed by atoms with Crippen LogP contribution >= 0.6 is 11.6 Å². The van der Waals surface area contributed by atoms with Crippen LogP contribution in [0.3, 0.4) is 0 Å². The van der Waals surface area contributed by atoms with Crippen LogP contribution in [0.5, 0.6) is 0 Å². The van der Waals surface area contributed by atoms with E-state index in [2.05, 4.69) is 10.3 Å². The van der Waals surface area contributed by atoms with Crippen LogP contribution < -0.4 is 11.1 Å². The van der Waals surface area contributed by atoms with Crippen LogP contribution in [0.25, 0.3) is 0 Å². The van der Waals surface area contributed by atoms with Crippen LogP contribution in [-0.2, 0) is 0 Å². The van der Waals surface area contributed by atoms with Crippen molar-refractivity contribution in [2.24, 2.45) is 0 Å². The Morgan fingerprint density at radius 2 is 2.00 bits per heavy atom. The van der Waals surface area contributed by atoms with Gasteiger partial charge in [-0.25, -0.2) is 4.98 Å². The van der Waals surface area contributed by atoms with Crippen molar-refractivity contribution in [3.63, 3.8) is 0 Å². The topological polar surface area (TPSA) is 68.0 Å². The lowest BCUT2D eigenvalue weighted by Gasteiger charge is -2.08. The number of anilines is 2. The maximum atomic E-state index is 12.1. The Labute approximate surface area is 116 Å². The van der Waals surface area contributed by atoms with E-state index in [-0.39, 0.29) is 5.91 Å². The number of benzene rings is 1. The number of nitrogens with zero attached hydrogens (tertiary/aromatic N) is 1. The number of carbonyl (C=O) groups excluding carboxylic acids is 1. The molecule has 0 aliphatic rings. The number of hydrogen-bond acceptors (Lipinski definition) is 3. The molecule has 4 nitrogen and oxygen atoms in total. The first-order valence-corrected chi connectivity index (χ1v) is 6.15. The van der Waals surface area contributed by atoms with Crippen LogP contribution in [-0.4, -0.2) is 10.9 Å². The Balaban J connectivity index is 2.25. The van der Waals surface area contributed by atoms with Crippen LogP contribution in [0.1, 0.15) is 21.5 Å². The molecule has 0 bridgehead atoms. The number of nitrogens with one attached hydrogen (secondary N) is 1. The molecule has 1 aromatic heterocycles. The summed E-state index contributed by atoms with van der Waals surface area (Å²) in [6, 6.07) is 6.92. The number of amides is 1. The third-order valence-corrected chi connectivity index (χ3v) is 3.07. The molecular weight excluding hydrogens is 262 g/mol. The number of nitrogens with two attached hydrogens (primary N) is 1. The first-order valence-electron chi connectivity index (χ1n) is 5.77. The van der Waals surface area contributed by atoms with E-state index in [1.807, 2.05) is 13.8 Å². The minimum atomic E-state index is -0.239. The number of halogens is 1. The lowest BCUT2D eigenvalue weighted by Crippen LogP contribution is -2.14. The Morgan fingerprint density at radius 3 is 2.68 bits per heavy atom. The second kappa shape index (κ2) is 5.28. The zero-order valence-electron chi connectivity index (χ0n) is 10.7. The quantitative estimate of drug-likeness (QED) is 0.884. The summed E-state index contributed by atoms with van der Waals surface area (Å²) in [5, 5.41) is 3.26. The third-order valence-electron chi connectivity index (χ3n) is 2.84. The molecule has 0 unspecified atom stereocenters. The average Bonchev–Trinajstić information content (AvgIpc) is 2.36. The molecule has 0 saturated heterocycles. The number of carbonyl (C=O) groups is 1. The van der Waals surface area contributed by atoms with Crippen molar-refractivity contribution in [1.29, 1.82) is 0 Å². The predicted octanol–water partition coefficient (Wildman–Crippen LogP) is 3.19. The third kappa shape index (κ3) is 3.03. The van der Waals surface area contributed by atoms with Crippen molar-refractivity contribution >= 4 is 29.0 Å². The number of nitrogen functional groups attached to an aromatic ring is 1. The molecule has 0 aliphatic heterocycles. The van der Waals surface area contributed by atoms with Gasteiger partial charge in [0.1, 0.15) is 5.82 Å². The molecule has 19 heavy (non-hydrogen) atoms. The summed E-state index contributed by atoms with van der Waals surface area (Å²) in [6.07, 6.45) is 1.52. The van der Waals surface area contributed by atoms with Crippen molar-refractivity contribution < 1.29 is 4.79 Å². The summed E-state index contributed by atoms with van der Waals surface area (Å²) < 4.78 is 0. The molecule has 1 heterocycles. The number of rotatable bonds is 2. The van der Waals surface area contributed by atoms with Gasteiger partial charge in [-0.1, -0.05) is 17.7 Å². The second-order valence-corrected chi connectivity index (χ2v) is 4.78.